The summed E-state index contributed by atoms with van der Waals surface area (Å²) < 4.78 is 35.1. The largest absolute Gasteiger partial charge is 0.480 e. The van der Waals surface area contributed by atoms with Gasteiger partial charge in [-0.3, -0.25) is 9.88 Å². The molecule has 5 rings (SSSR count). The van der Waals surface area contributed by atoms with Gasteiger partial charge < -0.3 is 28.7 Å². The van der Waals surface area contributed by atoms with Gasteiger partial charge in [0.2, 0.25) is 5.88 Å². The Morgan fingerprint density at radius 3 is 2.51 bits per heavy atom. The normalized spacial score (nSPS) is 16.2. The molecular weight excluding hydrogens is 571 g/mol. The van der Waals surface area contributed by atoms with Gasteiger partial charge in [0.25, 0.3) is 0 Å². The number of nitrogens with zero attached hydrogens (tertiary/aromatic N) is 5. The maximum Gasteiger partial charge on any atom is 0.410 e. The Hall–Kier alpha value is -3.61. The Labute approximate surface area is 256 Å². The van der Waals surface area contributed by atoms with Crippen molar-refractivity contribution in [2.45, 2.75) is 37.8 Å². The topological polar surface area (TPSA) is 92.3 Å². The third kappa shape index (κ3) is 8.27. The molecule has 2 aliphatic rings. The van der Waals surface area contributed by atoms with E-state index in [4.69, 9.17) is 14.2 Å². The van der Waals surface area contributed by atoms with Crippen LogP contribution in [0.4, 0.5) is 20.6 Å². The summed E-state index contributed by atoms with van der Waals surface area (Å²) in [4.78, 5) is 28.3. The van der Waals surface area contributed by atoms with Crippen LogP contribution in [-0.4, -0.2) is 91.1 Å². The molecule has 2 aromatic heterocycles. The van der Waals surface area contributed by atoms with E-state index in [1.165, 1.54) is 11.9 Å². The molecule has 0 unspecified atom stereocenters. The number of halogens is 1. The fourth-order valence-electron chi connectivity index (χ4n) is 4.94. The van der Waals surface area contributed by atoms with Crippen molar-refractivity contribution in [3.8, 4) is 17.1 Å². The van der Waals surface area contributed by atoms with E-state index in [0.717, 1.165) is 34.9 Å². The van der Waals surface area contributed by atoms with Crippen molar-refractivity contribution in [1.29, 1.82) is 0 Å². The van der Waals surface area contributed by atoms with Crippen LogP contribution in [0.25, 0.3) is 11.3 Å². The molecular formula is C31H39FN6O4S. The summed E-state index contributed by atoms with van der Waals surface area (Å²) in [5, 5.41) is 0. The van der Waals surface area contributed by atoms with Crippen LogP contribution in [0.3, 0.4) is 0 Å². The van der Waals surface area contributed by atoms with Gasteiger partial charge in [-0.15, -0.1) is 0 Å². The minimum Gasteiger partial charge on any atom is -0.480 e. The number of carbonyl (C=O) groups excluding carboxylic acids is 1. The van der Waals surface area contributed by atoms with Gasteiger partial charge in [-0.2, -0.15) is 0 Å². The number of nitrogens with one attached hydrogen (secondary N) is 1. The number of aromatic nitrogens is 2. The maximum atomic E-state index is 15.3. The predicted octanol–water partition coefficient (Wildman–Crippen LogP) is 5.30. The van der Waals surface area contributed by atoms with E-state index in [9.17, 15) is 4.79 Å². The summed E-state index contributed by atoms with van der Waals surface area (Å²) in [6.07, 6.45) is 3.19. The Morgan fingerprint density at radius 1 is 1.05 bits per heavy atom. The van der Waals surface area contributed by atoms with E-state index in [0.29, 0.717) is 63.1 Å². The molecule has 0 saturated carbocycles. The summed E-state index contributed by atoms with van der Waals surface area (Å²) >= 11 is 1.38. The zero-order chi connectivity index (χ0) is 30.4. The number of hydrogen-bond donors (Lipinski definition) is 1. The van der Waals surface area contributed by atoms with E-state index in [-0.39, 0.29) is 11.9 Å². The lowest BCUT2D eigenvalue weighted by molar-refractivity contribution is 0.0139. The quantitative estimate of drug-likeness (QED) is 0.339. The molecule has 0 bridgehead atoms. The molecule has 2 aliphatic heterocycles. The van der Waals surface area contributed by atoms with Gasteiger partial charge in [0, 0.05) is 63.3 Å². The SMILES string of the molecule is COc1ncc(N2CCOCC2)cc1SNc1ccnc(-c2ccc(CN3CCN(C(=O)OC(C)(C)C)CC3)cc2F)c1. The van der Waals surface area contributed by atoms with E-state index < -0.39 is 5.60 Å². The number of hydrogen-bond acceptors (Lipinski definition) is 10. The number of anilines is 2. The Kier molecular flexibility index (Phi) is 9.89. The second-order valence-corrected chi connectivity index (χ2v) is 12.3. The Bertz CT molecular complexity index is 1410. The average molecular weight is 611 g/mol. The molecule has 43 heavy (non-hydrogen) atoms. The molecule has 4 heterocycles. The highest BCUT2D eigenvalue weighted by Gasteiger charge is 2.26. The lowest BCUT2D eigenvalue weighted by Gasteiger charge is -2.35. The van der Waals surface area contributed by atoms with Gasteiger partial charge in [0.05, 0.1) is 42.8 Å². The minimum absolute atomic E-state index is 0.289. The minimum atomic E-state index is -0.517. The summed E-state index contributed by atoms with van der Waals surface area (Å²) in [5.74, 6) is 0.197. The molecule has 230 valence electrons. The highest BCUT2D eigenvalue weighted by atomic mass is 32.2. The lowest BCUT2D eigenvalue weighted by atomic mass is 10.1. The zero-order valence-electron chi connectivity index (χ0n) is 25.1. The van der Waals surface area contributed by atoms with Crippen molar-refractivity contribution in [3.63, 3.8) is 0 Å². The van der Waals surface area contributed by atoms with Crippen LogP contribution < -0.4 is 14.4 Å². The number of benzene rings is 1. The summed E-state index contributed by atoms with van der Waals surface area (Å²) in [7, 11) is 1.60. The predicted molar refractivity (Wildman–Crippen MR) is 166 cm³/mol. The fourth-order valence-corrected chi connectivity index (χ4v) is 5.69. The Morgan fingerprint density at radius 2 is 1.81 bits per heavy atom. The number of pyridine rings is 2. The first-order valence-electron chi connectivity index (χ1n) is 14.4. The number of carbonyl (C=O) groups is 1. The van der Waals surface area contributed by atoms with Gasteiger partial charge in [-0.1, -0.05) is 6.07 Å². The second-order valence-electron chi connectivity index (χ2n) is 11.5. The van der Waals surface area contributed by atoms with Crippen LogP contribution in [-0.2, 0) is 16.0 Å². The summed E-state index contributed by atoms with van der Waals surface area (Å²) in [5.41, 5.74) is 3.11. The van der Waals surface area contributed by atoms with Crippen molar-refractivity contribution in [2.24, 2.45) is 0 Å². The number of methoxy groups -OCH3 is 1. The molecule has 10 nitrogen and oxygen atoms in total. The molecule has 3 aromatic rings. The van der Waals surface area contributed by atoms with Crippen molar-refractivity contribution >= 4 is 29.4 Å². The van der Waals surface area contributed by atoms with E-state index in [1.807, 2.05) is 51.2 Å². The van der Waals surface area contributed by atoms with Crippen molar-refractivity contribution in [3.05, 3.63) is 60.2 Å². The monoisotopic (exact) mass is 610 g/mol. The fraction of sp³-hybridized carbons (Fsp3) is 0.452. The van der Waals surface area contributed by atoms with Crippen molar-refractivity contribution in [2.75, 3.05) is 69.2 Å². The van der Waals surface area contributed by atoms with Crippen LogP contribution in [0, 0.1) is 5.82 Å². The van der Waals surface area contributed by atoms with E-state index in [1.54, 1.807) is 30.3 Å². The number of amides is 1. The third-order valence-electron chi connectivity index (χ3n) is 7.15. The first-order chi connectivity index (χ1) is 20.7. The molecule has 1 aromatic carbocycles. The molecule has 2 saturated heterocycles. The molecule has 0 radical (unpaired) electrons. The third-order valence-corrected chi connectivity index (χ3v) is 8.00. The van der Waals surface area contributed by atoms with Gasteiger partial charge >= 0.3 is 6.09 Å². The molecule has 0 atom stereocenters. The first-order valence-corrected chi connectivity index (χ1v) is 15.2. The van der Waals surface area contributed by atoms with Gasteiger partial charge in [-0.25, -0.2) is 14.2 Å². The molecule has 0 spiro atoms. The molecule has 0 aliphatic carbocycles. The first kappa shape index (κ1) is 30.8. The van der Waals surface area contributed by atoms with Crippen LogP contribution in [0.1, 0.15) is 26.3 Å². The van der Waals surface area contributed by atoms with Gasteiger partial charge in [0.15, 0.2) is 0 Å². The van der Waals surface area contributed by atoms with Crippen LogP contribution in [0.5, 0.6) is 5.88 Å². The zero-order valence-corrected chi connectivity index (χ0v) is 26.0. The number of piperazine rings is 1. The van der Waals surface area contributed by atoms with Gasteiger partial charge in [-0.05, 0) is 68.6 Å². The lowest BCUT2D eigenvalue weighted by Crippen LogP contribution is -2.49. The average Bonchev–Trinajstić information content (AvgIpc) is 3.00. The molecule has 2 fully saturated rings. The second kappa shape index (κ2) is 13.8. The smallest absolute Gasteiger partial charge is 0.410 e. The van der Waals surface area contributed by atoms with Crippen molar-refractivity contribution in [1.82, 2.24) is 19.8 Å². The van der Waals surface area contributed by atoms with Crippen LogP contribution in [0.2, 0.25) is 0 Å². The van der Waals surface area contributed by atoms with Crippen LogP contribution in [0.15, 0.2) is 53.7 Å². The number of morpholine rings is 1. The number of rotatable bonds is 8. The van der Waals surface area contributed by atoms with Crippen LogP contribution >= 0.6 is 11.9 Å². The highest BCUT2D eigenvalue weighted by Crippen LogP contribution is 2.33. The van der Waals surface area contributed by atoms with E-state index in [2.05, 4.69) is 24.5 Å². The van der Waals surface area contributed by atoms with Crippen molar-refractivity contribution < 1.29 is 23.4 Å². The summed E-state index contributed by atoms with van der Waals surface area (Å²) in [6.45, 7) is 11.8. The number of ether oxygens (including phenoxy) is 3. The van der Waals surface area contributed by atoms with E-state index >= 15 is 4.39 Å². The summed E-state index contributed by atoms with van der Waals surface area (Å²) in [6, 6.07) is 11.0. The molecule has 1 N–H and O–H groups in total. The maximum absolute atomic E-state index is 15.3. The Balaban J connectivity index is 1.19. The molecule has 1 amide bonds. The van der Waals surface area contributed by atoms with Gasteiger partial charge in [0.1, 0.15) is 11.4 Å². The molecule has 12 heteroatoms. The highest BCUT2D eigenvalue weighted by molar-refractivity contribution is 8.00. The standard InChI is InChI=1S/C31H39FN6O4S/c1-31(2,3)42-30(39)38-11-9-36(10-12-38)21-22-5-6-25(26(32)17-22)27-18-23(7-8-33-27)35-43-28-19-24(20-34-29(28)40-4)37-13-15-41-16-14-37/h5-8,17-20H,9-16,21H2,1-4H3,(H,33,35).